The van der Waals surface area contributed by atoms with Gasteiger partial charge in [-0.3, -0.25) is 4.79 Å². The van der Waals surface area contributed by atoms with E-state index in [9.17, 15) is 4.79 Å². The topological polar surface area (TPSA) is 63.3 Å². The molecule has 0 radical (unpaired) electrons. The standard InChI is InChI=1S/C12H23NO2/c13-12(10-11(14)15)8-6-4-2-1-3-5-7-9-12/h1-10,13H2,(H,14,15). The average molecular weight is 213 g/mol. The molecular weight excluding hydrogens is 190 g/mol. The highest BCUT2D eigenvalue weighted by molar-refractivity contribution is 5.68. The minimum Gasteiger partial charge on any atom is -0.481 e. The third-order valence-corrected chi connectivity index (χ3v) is 3.35. The maximum absolute atomic E-state index is 10.7. The smallest absolute Gasteiger partial charge is 0.305 e. The van der Waals surface area contributed by atoms with Gasteiger partial charge in [0, 0.05) is 5.54 Å². The van der Waals surface area contributed by atoms with Crippen LogP contribution in [0.4, 0.5) is 0 Å². The summed E-state index contributed by atoms with van der Waals surface area (Å²) >= 11 is 0. The van der Waals surface area contributed by atoms with E-state index in [4.69, 9.17) is 10.8 Å². The van der Waals surface area contributed by atoms with Crippen molar-refractivity contribution in [2.45, 2.75) is 69.7 Å². The van der Waals surface area contributed by atoms with Gasteiger partial charge in [0.15, 0.2) is 0 Å². The van der Waals surface area contributed by atoms with E-state index in [-0.39, 0.29) is 6.42 Å². The van der Waals surface area contributed by atoms with Crippen LogP contribution in [-0.4, -0.2) is 16.6 Å². The first kappa shape index (κ1) is 12.5. The van der Waals surface area contributed by atoms with Gasteiger partial charge in [0.25, 0.3) is 0 Å². The molecule has 0 aromatic rings. The van der Waals surface area contributed by atoms with Crippen LogP contribution in [-0.2, 0) is 4.79 Å². The first-order valence-corrected chi connectivity index (χ1v) is 6.13. The largest absolute Gasteiger partial charge is 0.481 e. The molecule has 0 aliphatic heterocycles. The first-order chi connectivity index (χ1) is 7.12. The van der Waals surface area contributed by atoms with Gasteiger partial charge < -0.3 is 10.8 Å². The Hall–Kier alpha value is -0.570. The van der Waals surface area contributed by atoms with Gasteiger partial charge in [0.1, 0.15) is 0 Å². The Kier molecular flexibility index (Phi) is 5.09. The van der Waals surface area contributed by atoms with Gasteiger partial charge in [-0.25, -0.2) is 0 Å². The Labute approximate surface area is 92.0 Å². The molecule has 0 spiro atoms. The predicted octanol–water partition coefficient (Wildman–Crippen LogP) is 2.68. The lowest BCUT2D eigenvalue weighted by atomic mass is 9.83. The van der Waals surface area contributed by atoms with Crippen molar-refractivity contribution in [3.63, 3.8) is 0 Å². The molecule has 1 saturated carbocycles. The number of hydrogen-bond donors (Lipinski definition) is 2. The molecule has 0 amide bonds. The lowest BCUT2D eigenvalue weighted by Gasteiger charge is -2.28. The summed E-state index contributed by atoms with van der Waals surface area (Å²) in [4.78, 5) is 10.7. The summed E-state index contributed by atoms with van der Waals surface area (Å²) < 4.78 is 0. The summed E-state index contributed by atoms with van der Waals surface area (Å²) in [6, 6.07) is 0. The van der Waals surface area contributed by atoms with Crippen LogP contribution in [0.3, 0.4) is 0 Å². The number of aliphatic carboxylic acids is 1. The zero-order chi connectivity index (χ0) is 11.1. The lowest BCUT2D eigenvalue weighted by molar-refractivity contribution is -0.138. The number of hydrogen-bond acceptors (Lipinski definition) is 2. The minimum absolute atomic E-state index is 0.132. The van der Waals surface area contributed by atoms with E-state index in [1.807, 2.05) is 0 Å². The van der Waals surface area contributed by atoms with Crippen LogP contribution in [0.5, 0.6) is 0 Å². The summed E-state index contributed by atoms with van der Waals surface area (Å²) in [7, 11) is 0. The van der Waals surface area contributed by atoms with Crippen molar-refractivity contribution in [2.24, 2.45) is 5.73 Å². The highest BCUT2D eigenvalue weighted by atomic mass is 16.4. The molecule has 0 saturated heterocycles. The third-order valence-electron chi connectivity index (χ3n) is 3.35. The van der Waals surface area contributed by atoms with Crippen LogP contribution in [0.1, 0.15) is 64.2 Å². The number of carbonyl (C=O) groups is 1. The van der Waals surface area contributed by atoms with E-state index < -0.39 is 11.5 Å². The number of rotatable bonds is 2. The Bertz CT molecular complexity index is 194. The predicted molar refractivity (Wildman–Crippen MR) is 60.7 cm³/mol. The monoisotopic (exact) mass is 213 g/mol. The molecule has 88 valence electrons. The molecule has 1 aliphatic rings. The van der Waals surface area contributed by atoms with Crippen LogP contribution >= 0.6 is 0 Å². The Morgan fingerprint density at radius 2 is 1.40 bits per heavy atom. The van der Waals surface area contributed by atoms with Gasteiger partial charge in [-0.05, 0) is 12.8 Å². The van der Waals surface area contributed by atoms with Crippen molar-refractivity contribution in [1.29, 1.82) is 0 Å². The second-order valence-electron chi connectivity index (χ2n) is 4.91. The molecule has 0 aromatic carbocycles. The Balaban J connectivity index is 2.46. The molecule has 0 heterocycles. The highest BCUT2D eigenvalue weighted by Crippen LogP contribution is 2.25. The molecular formula is C12H23NO2. The quantitative estimate of drug-likeness (QED) is 0.741. The fourth-order valence-electron chi connectivity index (χ4n) is 2.44. The van der Waals surface area contributed by atoms with Crippen LogP contribution in [0.15, 0.2) is 0 Å². The number of carboxylic acid groups (broad SMARTS) is 1. The Morgan fingerprint density at radius 1 is 1.00 bits per heavy atom. The van der Waals surface area contributed by atoms with Crippen LogP contribution in [0.25, 0.3) is 0 Å². The first-order valence-electron chi connectivity index (χ1n) is 6.13. The van der Waals surface area contributed by atoms with Crippen molar-refractivity contribution >= 4 is 5.97 Å². The normalized spacial score (nSPS) is 23.3. The molecule has 3 heteroatoms. The molecule has 15 heavy (non-hydrogen) atoms. The average Bonchev–Trinajstić information content (AvgIpc) is 2.14. The zero-order valence-corrected chi connectivity index (χ0v) is 9.50. The zero-order valence-electron chi connectivity index (χ0n) is 9.50. The number of nitrogens with two attached hydrogens (primary N) is 1. The van der Waals surface area contributed by atoms with Crippen LogP contribution < -0.4 is 5.73 Å². The second kappa shape index (κ2) is 6.11. The van der Waals surface area contributed by atoms with E-state index in [1.54, 1.807) is 0 Å². The van der Waals surface area contributed by atoms with E-state index in [1.165, 1.54) is 32.1 Å². The molecule has 0 bridgehead atoms. The maximum Gasteiger partial charge on any atom is 0.305 e. The third kappa shape index (κ3) is 5.17. The fourth-order valence-corrected chi connectivity index (χ4v) is 2.44. The summed E-state index contributed by atoms with van der Waals surface area (Å²) in [5.74, 6) is -0.755. The number of carboxylic acids is 1. The van der Waals surface area contributed by atoms with Crippen molar-refractivity contribution < 1.29 is 9.90 Å². The van der Waals surface area contributed by atoms with E-state index in [2.05, 4.69) is 0 Å². The molecule has 1 fully saturated rings. The van der Waals surface area contributed by atoms with Crippen LogP contribution in [0.2, 0.25) is 0 Å². The molecule has 1 aliphatic carbocycles. The van der Waals surface area contributed by atoms with E-state index in [0.29, 0.717) is 0 Å². The summed E-state index contributed by atoms with van der Waals surface area (Å²) in [5.41, 5.74) is 5.73. The van der Waals surface area contributed by atoms with Crippen molar-refractivity contribution in [3.8, 4) is 0 Å². The van der Waals surface area contributed by atoms with E-state index >= 15 is 0 Å². The van der Waals surface area contributed by atoms with E-state index in [0.717, 1.165) is 25.7 Å². The molecule has 0 atom stereocenters. The van der Waals surface area contributed by atoms with Gasteiger partial charge in [0.05, 0.1) is 6.42 Å². The molecule has 3 N–H and O–H groups in total. The summed E-state index contributed by atoms with van der Waals surface area (Å²) in [5, 5.41) is 8.84. The van der Waals surface area contributed by atoms with Gasteiger partial charge in [-0.2, -0.15) is 0 Å². The second-order valence-corrected chi connectivity index (χ2v) is 4.91. The van der Waals surface area contributed by atoms with Crippen molar-refractivity contribution in [2.75, 3.05) is 0 Å². The lowest BCUT2D eigenvalue weighted by Crippen LogP contribution is -2.42. The van der Waals surface area contributed by atoms with Gasteiger partial charge in [-0.15, -0.1) is 0 Å². The van der Waals surface area contributed by atoms with Crippen molar-refractivity contribution in [1.82, 2.24) is 0 Å². The molecule has 0 unspecified atom stereocenters. The Morgan fingerprint density at radius 3 is 1.80 bits per heavy atom. The maximum atomic E-state index is 10.7. The van der Waals surface area contributed by atoms with Crippen LogP contribution in [0, 0.1) is 0 Å². The van der Waals surface area contributed by atoms with Gasteiger partial charge in [-0.1, -0.05) is 44.9 Å². The molecule has 0 aromatic heterocycles. The minimum atomic E-state index is -0.755. The highest BCUT2D eigenvalue weighted by Gasteiger charge is 2.27. The summed E-state index contributed by atoms with van der Waals surface area (Å²) in [6.45, 7) is 0. The van der Waals surface area contributed by atoms with Gasteiger partial charge >= 0.3 is 5.97 Å². The van der Waals surface area contributed by atoms with Gasteiger partial charge in [0.2, 0.25) is 0 Å². The molecule has 1 rings (SSSR count). The SMILES string of the molecule is NC1(CC(=O)O)CCCCCCCCC1. The fraction of sp³-hybridized carbons (Fsp3) is 0.917. The molecule has 3 nitrogen and oxygen atoms in total. The van der Waals surface area contributed by atoms with Crippen molar-refractivity contribution in [3.05, 3.63) is 0 Å². The summed E-state index contributed by atoms with van der Waals surface area (Å²) in [6.07, 6.45) is 10.4.